The number of aromatic nitrogens is 4. The van der Waals surface area contributed by atoms with Crippen LogP contribution in [0.1, 0.15) is 88.4 Å². The molecule has 1 fully saturated rings. The van der Waals surface area contributed by atoms with Crippen molar-refractivity contribution in [3.63, 3.8) is 0 Å². The van der Waals surface area contributed by atoms with Crippen molar-refractivity contribution in [3.8, 4) is 23.0 Å². The Morgan fingerprint density at radius 2 is 1.92 bits per heavy atom. The number of aldehydes is 1. The highest BCUT2D eigenvalue weighted by Gasteiger charge is 2.23. The zero-order valence-electron chi connectivity index (χ0n) is 22.8. The second kappa shape index (κ2) is 14.1. The van der Waals surface area contributed by atoms with E-state index in [1.807, 2.05) is 16.7 Å². The second-order valence-corrected chi connectivity index (χ2v) is 10.3. The van der Waals surface area contributed by atoms with Crippen molar-refractivity contribution in [2.75, 3.05) is 25.9 Å². The highest BCUT2D eigenvalue weighted by molar-refractivity contribution is 5.65. The summed E-state index contributed by atoms with van der Waals surface area (Å²) in [6.45, 7) is 4.47. The van der Waals surface area contributed by atoms with Crippen molar-refractivity contribution in [1.82, 2.24) is 24.8 Å². The summed E-state index contributed by atoms with van der Waals surface area (Å²) >= 11 is 0. The van der Waals surface area contributed by atoms with Crippen molar-refractivity contribution >= 4 is 12.1 Å². The van der Waals surface area contributed by atoms with Gasteiger partial charge in [-0.3, -0.25) is 0 Å². The van der Waals surface area contributed by atoms with Crippen molar-refractivity contribution < 1.29 is 14.3 Å². The Bertz CT molecular complexity index is 1130. The fourth-order valence-electron chi connectivity index (χ4n) is 5.02. The molecule has 1 unspecified atom stereocenters. The SMILES string of the molecule is COc1ccc(Cn2cnc(N)c3nc(C(C)CNCCCCCCCC=O)nc2-3)cc1OC1CCCC1. The second-order valence-electron chi connectivity index (χ2n) is 10.3. The number of carbonyl (C=O) groups excluding carboxylic acids is 1. The monoisotopic (exact) mass is 522 g/mol. The van der Waals surface area contributed by atoms with Gasteiger partial charge in [0.15, 0.2) is 28.8 Å². The lowest BCUT2D eigenvalue weighted by Gasteiger charge is -2.17. The Morgan fingerprint density at radius 3 is 2.71 bits per heavy atom. The van der Waals surface area contributed by atoms with Crippen LogP contribution in [0.25, 0.3) is 11.5 Å². The number of nitrogens with one attached hydrogen (secondary N) is 1. The molecule has 3 aliphatic rings. The van der Waals surface area contributed by atoms with E-state index in [2.05, 4.69) is 23.3 Å². The predicted octanol–water partition coefficient (Wildman–Crippen LogP) is 4.97. The third kappa shape index (κ3) is 7.43. The van der Waals surface area contributed by atoms with Crippen LogP contribution < -0.4 is 20.5 Å². The van der Waals surface area contributed by atoms with Gasteiger partial charge in [-0.25, -0.2) is 15.0 Å². The Morgan fingerprint density at radius 1 is 1.13 bits per heavy atom. The quantitative estimate of drug-likeness (QED) is 0.200. The molecule has 0 spiro atoms. The summed E-state index contributed by atoms with van der Waals surface area (Å²) in [7, 11) is 1.67. The van der Waals surface area contributed by atoms with Gasteiger partial charge in [-0.2, -0.15) is 0 Å². The number of nitrogens with zero attached hydrogens (tertiary/aromatic N) is 4. The first kappa shape index (κ1) is 27.8. The molecule has 0 bridgehead atoms. The summed E-state index contributed by atoms with van der Waals surface area (Å²) in [4.78, 5) is 24.4. The Kier molecular flexibility index (Phi) is 10.3. The number of fused-ring (bicyclic) bond motifs is 1. The van der Waals surface area contributed by atoms with Crippen LogP contribution in [0.15, 0.2) is 24.5 Å². The van der Waals surface area contributed by atoms with E-state index in [0.717, 1.165) is 80.2 Å². The van der Waals surface area contributed by atoms with E-state index in [4.69, 9.17) is 25.2 Å². The number of hydrogen-bond acceptors (Lipinski definition) is 8. The summed E-state index contributed by atoms with van der Waals surface area (Å²) in [5.74, 6) is 3.59. The van der Waals surface area contributed by atoms with Gasteiger partial charge < -0.3 is 29.9 Å². The lowest BCUT2D eigenvalue weighted by Crippen LogP contribution is -2.21. The molecule has 206 valence electrons. The summed E-state index contributed by atoms with van der Waals surface area (Å²) in [5, 5.41) is 3.53. The summed E-state index contributed by atoms with van der Waals surface area (Å²) in [6.07, 6.45) is 13.9. The first-order valence-corrected chi connectivity index (χ1v) is 14.0. The zero-order valence-corrected chi connectivity index (χ0v) is 22.8. The molecular formula is C29H42N6O3. The molecule has 2 aliphatic heterocycles. The van der Waals surface area contributed by atoms with Crippen LogP contribution in [-0.2, 0) is 11.3 Å². The number of imidazole rings is 1. The van der Waals surface area contributed by atoms with Crippen molar-refractivity contribution in [2.24, 2.45) is 0 Å². The molecule has 38 heavy (non-hydrogen) atoms. The van der Waals surface area contributed by atoms with Gasteiger partial charge in [0.05, 0.1) is 26.1 Å². The van der Waals surface area contributed by atoms with E-state index in [9.17, 15) is 4.79 Å². The van der Waals surface area contributed by atoms with E-state index < -0.39 is 0 Å². The number of methoxy groups -OCH3 is 1. The minimum Gasteiger partial charge on any atom is -0.493 e. The van der Waals surface area contributed by atoms with Crippen LogP contribution in [0.3, 0.4) is 0 Å². The average Bonchev–Trinajstić information content (AvgIpc) is 3.61. The van der Waals surface area contributed by atoms with Gasteiger partial charge in [0.25, 0.3) is 0 Å². The fraction of sp³-hybridized carbons (Fsp3) is 0.586. The van der Waals surface area contributed by atoms with Crippen LogP contribution in [0, 0.1) is 0 Å². The fourth-order valence-corrected chi connectivity index (χ4v) is 5.02. The van der Waals surface area contributed by atoms with E-state index in [1.54, 1.807) is 13.4 Å². The van der Waals surface area contributed by atoms with Crippen LogP contribution in [0.2, 0.25) is 0 Å². The Balaban J connectivity index is 1.37. The largest absolute Gasteiger partial charge is 0.493 e. The Labute approximate surface area is 225 Å². The molecule has 3 N–H and O–H groups in total. The molecule has 1 aromatic rings. The lowest BCUT2D eigenvalue weighted by molar-refractivity contribution is -0.107. The number of nitrogens with two attached hydrogens (primary N) is 1. The third-order valence-corrected chi connectivity index (χ3v) is 7.25. The predicted molar refractivity (Wildman–Crippen MR) is 149 cm³/mol. The minimum atomic E-state index is 0.148. The maximum absolute atomic E-state index is 10.4. The summed E-state index contributed by atoms with van der Waals surface area (Å²) < 4.78 is 13.8. The zero-order chi connectivity index (χ0) is 26.7. The molecule has 0 radical (unpaired) electrons. The van der Waals surface area contributed by atoms with Crippen LogP contribution in [0.5, 0.6) is 11.5 Å². The van der Waals surface area contributed by atoms with E-state index in [0.29, 0.717) is 24.5 Å². The van der Waals surface area contributed by atoms with Gasteiger partial charge in [0.1, 0.15) is 12.1 Å². The van der Waals surface area contributed by atoms with E-state index in [-0.39, 0.29) is 12.0 Å². The van der Waals surface area contributed by atoms with Crippen LogP contribution in [-0.4, -0.2) is 52.1 Å². The van der Waals surface area contributed by atoms with Gasteiger partial charge in [0, 0.05) is 18.9 Å². The van der Waals surface area contributed by atoms with Crippen molar-refractivity contribution in [2.45, 2.75) is 89.7 Å². The number of ether oxygens (including phenoxy) is 2. The average molecular weight is 523 g/mol. The smallest absolute Gasteiger partial charge is 0.166 e. The molecule has 0 aromatic heterocycles. The number of anilines is 1. The molecule has 9 nitrogen and oxygen atoms in total. The van der Waals surface area contributed by atoms with Gasteiger partial charge in [-0.1, -0.05) is 32.3 Å². The molecule has 0 amide bonds. The molecule has 0 saturated heterocycles. The standard InChI is InChI=1S/C29H42N6O3/c1-21(18-31-15-9-5-3-4-6-10-16-36)28-33-26-27(30)32-20-35(29(26)34-28)19-22-13-14-24(37-2)25(17-22)38-23-11-7-8-12-23/h13-14,16-17,20-21,23,31H,3-12,15,18-19,30H2,1-2H3. The van der Waals surface area contributed by atoms with Crippen molar-refractivity contribution in [1.29, 1.82) is 0 Å². The first-order chi connectivity index (χ1) is 18.6. The maximum atomic E-state index is 10.4. The molecular weight excluding hydrogens is 480 g/mol. The topological polar surface area (TPSA) is 117 Å². The third-order valence-electron chi connectivity index (χ3n) is 7.25. The first-order valence-electron chi connectivity index (χ1n) is 14.0. The Hall–Kier alpha value is -3.20. The van der Waals surface area contributed by atoms with Gasteiger partial charge in [-0.05, 0) is 62.8 Å². The lowest BCUT2D eigenvalue weighted by atomic mass is 10.1. The number of rotatable bonds is 16. The number of unbranched alkanes of at least 4 members (excludes halogenated alkanes) is 5. The van der Waals surface area contributed by atoms with Crippen LogP contribution >= 0.6 is 0 Å². The highest BCUT2D eigenvalue weighted by Crippen LogP contribution is 2.33. The number of benzene rings is 1. The molecule has 1 aliphatic carbocycles. The van der Waals surface area contributed by atoms with Crippen LogP contribution in [0.4, 0.5) is 5.82 Å². The molecule has 1 saturated carbocycles. The van der Waals surface area contributed by atoms with E-state index in [1.165, 1.54) is 25.7 Å². The molecule has 9 heteroatoms. The molecule has 4 rings (SSSR count). The normalized spacial score (nSPS) is 14.7. The number of carbonyl (C=O) groups is 1. The van der Waals surface area contributed by atoms with E-state index >= 15 is 0 Å². The minimum absolute atomic E-state index is 0.148. The van der Waals surface area contributed by atoms with Gasteiger partial charge >= 0.3 is 0 Å². The highest BCUT2D eigenvalue weighted by atomic mass is 16.5. The van der Waals surface area contributed by atoms with Gasteiger partial charge in [-0.15, -0.1) is 0 Å². The maximum Gasteiger partial charge on any atom is 0.166 e. The van der Waals surface area contributed by atoms with Crippen molar-refractivity contribution in [3.05, 3.63) is 35.9 Å². The number of nitrogen functional groups attached to an aromatic ring is 1. The summed E-state index contributed by atoms with van der Waals surface area (Å²) in [6, 6.07) is 6.06. The van der Waals surface area contributed by atoms with Gasteiger partial charge in [0.2, 0.25) is 0 Å². The number of hydrogen-bond donors (Lipinski definition) is 2. The molecule has 2 heterocycles. The summed E-state index contributed by atoms with van der Waals surface area (Å²) in [5.41, 5.74) is 7.90. The molecule has 1 atom stereocenters. The molecule has 1 aromatic carbocycles.